The summed E-state index contributed by atoms with van der Waals surface area (Å²) in [5.74, 6) is 0.421. The van der Waals surface area contributed by atoms with Crippen molar-refractivity contribution in [2.24, 2.45) is 0 Å². The molecule has 4 nitrogen and oxygen atoms in total. The highest BCUT2D eigenvalue weighted by molar-refractivity contribution is 7.14. The van der Waals surface area contributed by atoms with Gasteiger partial charge in [0.05, 0.1) is 22.1 Å². The molecular formula is C16H21Cl2N3OS. The fourth-order valence-corrected chi connectivity index (χ4v) is 3.90. The number of thiazole rings is 1. The van der Waals surface area contributed by atoms with Crippen molar-refractivity contribution in [3.63, 3.8) is 0 Å². The van der Waals surface area contributed by atoms with Crippen LogP contribution >= 0.6 is 36.2 Å². The summed E-state index contributed by atoms with van der Waals surface area (Å²) in [6.07, 6.45) is 4.93. The van der Waals surface area contributed by atoms with Gasteiger partial charge in [-0.25, -0.2) is 4.98 Å². The van der Waals surface area contributed by atoms with E-state index < -0.39 is 0 Å². The van der Waals surface area contributed by atoms with E-state index in [1.807, 2.05) is 25.1 Å². The van der Waals surface area contributed by atoms with Crippen LogP contribution in [-0.4, -0.2) is 10.9 Å². The lowest BCUT2D eigenvalue weighted by atomic mass is 10.1. The summed E-state index contributed by atoms with van der Waals surface area (Å²) in [5, 5.41) is 3.99. The number of para-hydroxylation sites is 2. The normalized spacial score (nSPS) is 14.0. The van der Waals surface area contributed by atoms with Crippen molar-refractivity contribution < 1.29 is 4.79 Å². The fourth-order valence-electron chi connectivity index (χ4n) is 2.77. The van der Waals surface area contributed by atoms with E-state index in [2.05, 4.69) is 10.3 Å². The van der Waals surface area contributed by atoms with Gasteiger partial charge in [-0.05, 0) is 31.9 Å². The molecule has 0 spiro atoms. The number of hydrogen-bond donors (Lipinski definition) is 2. The maximum absolute atomic E-state index is 12.4. The van der Waals surface area contributed by atoms with Crippen molar-refractivity contribution in [3.8, 4) is 0 Å². The van der Waals surface area contributed by atoms with Gasteiger partial charge < -0.3 is 11.1 Å². The smallest absolute Gasteiger partial charge is 0.267 e. The Kier molecular flexibility index (Phi) is 7.32. The lowest BCUT2D eigenvalue weighted by Gasteiger charge is -2.06. The van der Waals surface area contributed by atoms with Crippen molar-refractivity contribution in [1.82, 2.24) is 4.98 Å². The molecule has 1 fully saturated rings. The number of nitrogen functional groups attached to an aromatic ring is 1. The molecule has 0 bridgehead atoms. The average Bonchev–Trinajstić information content (AvgIpc) is 3.10. The third kappa shape index (κ3) is 4.37. The van der Waals surface area contributed by atoms with E-state index in [4.69, 9.17) is 5.73 Å². The number of amides is 1. The second-order valence-electron chi connectivity index (χ2n) is 5.49. The van der Waals surface area contributed by atoms with E-state index >= 15 is 0 Å². The maximum atomic E-state index is 12.4. The predicted molar refractivity (Wildman–Crippen MR) is 101 cm³/mol. The SMILES string of the molecule is Cc1nc(C2CCCC2)sc1C(=O)Nc1ccccc1N.Cl.Cl. The molecule has 1 aliphatic carbocycles. The van der Waals surface area contributed by atoms with E-state index in [0.717, 1.165) is 10.7 Å². The number of hydrogen-bond acceptors (Lipinski definition) is 4. The Morgan fingerprint density at radius 2 is 1.91 bits per heavy atom. The highest BCUT2D eigenvalue weighted by Gasteiger charge is 2.23. The van der Waals surface area contributed by atoms with Crippen molar-refractivity contribution in [1.29, 1.82) is 0 Å². The number of carbonyl (C=O) groups excluding carboxylic acids is 1. The van der Waals surface area contributed by atoms with Gasteiger partial charge in [-0.2, -0.15) is 0 Å². The monoisotopic (exact) mass is 373 g/mol. The van der Waals surface area contributed by atoms with Crippen molar-refractivity contribution in [3.05, 3.63) is 39.8 Å². The van der Waals surface area contributed by atoms with E-state index in [1.54, 1.807) is 6.07 Å². The van der Waals surface area contributed by atoms with Crippen molar-refractivity contribution in [2.45, 2.75) is 38.5 Å². The van der Waals surface area contributed by atoms with Crippen LogP contribution in [0.2, 0.25) is 0 Å². The van der Waals surface area contributed by atoms with Gasteiger partial charge in [-0.3, -0.25) is 4.79 Å². The molecule has 1 heterocycles. The van der Waals surface area contributed by atoms with Crippen LogP contribution in [0.4, 0.5) is 11.4 Å². The first kappa shape index (κ1) is 19.7. The van der Waals surface area contributed by atoms with E-state index in [-0.39, 0.29) is 30.7 Å². The van der Waals surface area contributed by atoms with Gasteiger partial charge in [0.25, 0.3) is 5.91 Å². The number of anilines is 2. The molecule has 0 saturated heterocycles. The topological polar surface area (TPSA) is 68.0 Å². The Labute approximate surface area is 152 Å². The Morgan fingerprint density at radius 1 is 1.26 bits per heavy atom. The average molecular weight is 374 g/mol. The Hall–Kier alpha value is -1.30. The number of halogens is 2. The molecule has 0 atom stereocenters. The van der Waals surface area contributed by atoms with Gasteiger partial charge in [0.15, 0.2) is 0 Å². The van der Waals surface area contributed by atoms with Crippen molar-refractivity contribution >= 4 is 53.4 Å². The van der Waals surface area contributed by atoms with Crippen LogP contribution in [0.25, 0.3) is 0 Å². The minimum Gasteiger partial charge on any atom is -0.397 e. The largest absolute Gasteiger partial charge is 0.397 e. The van der Waals surface area contributed by atoms with Crippen molar-refractivity contribution in [2.75, 3.05) is 11.1 Å². The summed E-state index contributed by atoms with van der Waals surface area (Å²) in [4.78, 5) is 17.7. The van der Waals surface area contributed by atoms with Crippen LogP contribution in [0.5, 0.6) is 0 Å². The molecule has 3 rings (SSSR count). The van der Waals surface area contributed by atoms with Gasteiger partial charge in [-0.15, -0.1) is 36.2 Å². The first-order valence-corrected chi connectivity index (χ1v) is 8.10. The molecule has 1 aromatic heterocycles. The zero-order valence-corrected chi connectivity index (χ0v) is 15.3. The van der Waals surface area contributed by atoms with Crippen LogP contribution in [0.3, 0.4) is 0 Å². The number of nitrogens with zero attached hydrogens (tertiary/aromatic N) is 1. The number of aryl methyl sites for hydroxylation is 1. The quantitative estimate of drug-likeness (QED) is 0.760. The summed E-state index contributed by atoms with van der Waals surface area (Å²) in [7, 11) is 0. The Bertz CT molecular complexity index is 669. The number of aromatic nitrogens is 1. The second-order valence-corrected chi connectivity index (χ2v) is 6.52. The molecule has 7 heteroatoms. The molecule has 1 saturated carbocycles. The van der Waals surface area contributed by atoms with E-state index in [1.165, 1.54) is 37.0 Å². The minimum atomic E-state index is -0.118. The Balaban J connectivity index is 0.00000132. The van der Waals surface area contributed by atoms with Gasteiger partial charge in [0.2, 0.25) is 0 Å². The van der Waals surface area contributed by atoms with Crippen LogP contribution in [0.15, 0.2) is 24.3 Å². The zero-order chi connectivity index (χ0) is 14.8. The van der Waals surface area contributed by atoms with Crippen LogP contribution in [0, 0.1) is 6.92 Å². The van der Waals surface area contributed by atoms with Crippen LogP contribution in [0.1, 0.15) is 52.0 Å². The highest BCUT2D eigenvalue weighted by Crippen LogP contribution is 2.37. The molecule has 0 radical (unpaired) electrons. The molecule has 0 unspecified atom stereocenters. The number of rotatable bonds is 3. The van der Waals surface area contributed by atoms with Gasteiger partial charge >= 0.3 is 0 Å². The molecular weight excluding hydrogens is 353 g/mol. The van der Waals surface area contributed by atoms with Crippen LogP contribution in [-0.2, 0) is 0 Å². The molecule has 1 aromatic carbocycles. The summed E-state index contributed by atoms with van der Waals surface area (Å²) < 4.78 is 0. The molecule has 1 amide bonds. The fraction of sp³-hybridized carbons (Fsp3) is 0.375. The molecule has 0 aliphatic heterocycles. The highest BCUT2D eigenvalue weighted by atomic mass is 35.5. The summed E-state index contributed by atoms with van der Waals surface area (Å²) in [6.45, 7) is 1.90. The lowest BCUT2D eigenvalue weighted by molar-refractivity contribution is 0.103. The first-order chi connectivity index (χ1) is 10.1. The van der Waals surface area contributed by atoms with Crippen LogP contribution < -0.4 is 11.1 Å². The summed E-state index contributed by atoms with van der Waals surface area (Å²) in [6, 6.07) is 7.29. The second kappa shape index (κ2) is 8.52. The molecule has 126 valence electrons. The zero-order valence-electron chi connectivity index (χ0n) is 12.9. The van der Waals surface area contributed by atoms with Gasteiger partial charge in [-0.1, -0.05) is 25.0 Å². The summed E-state index contributed by atoms with van der Waals surface area (Å²) >= 11 is 1.53. The molecule has 2 aromatic rings. The number of carbonyl (C=O) groups is 1. The molecule has 3 N–H and O–H groups in total. The first-order valence-electron chi connectivity index (χ1n) is 7.28. The summed E-state index contributed by atoms with van der Waals surface area (Å²) in [5.41, 5.74) is 7.90. The lowest BCUT2D eigenvalue weighted by Crippen LogP contribution is -2.12. The maximum Gasteiger partial charge on any atom is 0.267 e. The number of benzene rings is 1. The number of nitrogens with two attached hydrogens (primary N) is 1. The molecule has 1 aliphatic rings. The van der Waals surface area contributed by atoms with Gasteiger partial charge in [0.1, 0.15) is 4.88 Å². The Morgan fingerprint density at radius 3 is 2.57 bits per heavy atom. The standard InChI is InChI=1S/C16H19N3OS.2ClH/c1-10-14(21-16(18-10)11-6-2-3-7-11)15(20)19-13-9-5-4-8-12(13)17;;/h4-5,8-9,11H,2-3,6-7,17H2,1H3,(H,19,20);2*1H. The third-order valence-electron chi connectivity index (χ3n) is 3.93. The number of nitrogens with one attached hydrogen (secondary N) is 1. The van der Waals surface area contributed by atoms with E-state index in [9.17, 15) is 4.79 Å². The molecule has 23 heavy (non-hydrogen) atoms. The third-order valence-corrected chi connectivity index (χ3v) is 5.25. The van der Waals surface area contributed by atoms with Gasteiger partial charge in [0, 0.05) is 5.92 Å². The van der Waals surface area contributed by atoms with E-state index in [0.29, 0.717) is 22.2 Å². The minimum absolute atomic E-state index is 0. The predicted octanol–water partition coefficient (Wildman–Crippen LogP) is 4.79.